The molecular formula is C38H56BrClN8O6. The van der Waals surface area contributed by atoms with Crippen molar-refractivity contribution in [3.05, 3.63) is 53.2 Å². The summed E-state index contributed by atoms with van der Waals surface area (Å²) in [5.41, 5.74) is 25.7. The minimum Gasteiger partial charge on any atom is -0.490 e. The second-order valence-corrected chi connectivity index (χ2v) is 14.7. The quantitative estimate of drug-likeness (QED) is 0.125. The maximum Gasteiger partial charge on any atom is 0.150 e. The van der Waals surface area contributed by atoms with Gasteiger partial charge in [-0.05, 0) is 83.2 Å². The fourth-order valence-corrected chi connectivity index (χ4v) is 5.85. The van der Waals surface area contributed by atoms with Crippen LogP contribution in [0, 0.1) is 5.92 Å². The minimum atomic E-state index is 0.0918. The Morgan fingerprint density at radius 1 is 0.778 bits per heavy atom. The van der Waals surface area contributed by atoms with Gasteiger partial charge < -0.3 is 51.0 Å². The van der Waals surface area contributed by atoms with E-state index >= 15 is 0 Å². The van der Waals surface area contributed by atoms with E-state index in [1.807, 2.05) is 58.2 Å². The molecule has 2 fully saturated rings. The van der Waals surface area contributed by atoms with Gasteiger partial charge in [0.25, 0.3) is 0 Å². The largest absolute Gasteiger partial charge is 0.490 e. The highest BCUT2D eigenvalue weighted by molar-refractivity contribution is 9.10. The van der Waals surface area contributed by atoms with Crippen molar-refractivity contribution in [2.45, 2.75) is 91.5 Å². The Morgan fingerprint density at radius 2 is 1.28 bits per heavy atom. The number of hydrogen-bond donors (Lipinski definition) is 4. The third-order valence-electron chi connectivity index (χ3n) is 7.90. The van der Waals surface area contributed by atoms with Gasteiger partial charge in [-0.15, -0.1) is 11.6 Å². The zero-order valence-electron chi connectivity index (χ0n) is 32.1. The van der Waals surface area contributed by atoms with E-state index in [1.54, 1.807) is 18.3 Å². The van der Waals surface area contributed by atoms with Crippen LogP contribution in [0.4, 0.5) is 23.0 Å². The van der Waals surface area contributed by atoms with Crippen LogP contribution in [0.2, 0.25) is 0 Å². The molecule has 14 nitrogen and oxygen atoms in total. The van der Waals surface area contributed by atoms with Gasteiger partial charge in [-0.2, -0.15) is 0 Å². The van der Waals surface area contributed by atoms with E-state index in [4.69, 9.17) is 63.2 Å². The summed E-state index contributed by atoms with van der Waals surface area (Å²) < 4.78 is 29.9. The summed E-state index contributed by atoms with van der Waals surface area (Å²) in [6.45, 7) is 14.8. The molecule has 4 aromatic heterocycles. The van der Waals surface area contributed by atoms with Gasteiger partial charge in [0.05, 0.1) is 51.9 Å². The molecule has 2 saturated heterocycles. The second-order valence-electron chi connectivity index (χ2n) is 13.6. The van der Waals surface area contributed by atoms with E-state index in [-0.39, 0.29) is 35.9 Å². The molecule has 16 heteroatoms. The summed E-state index contributed by atoms with van der Waals surface area (Å²) in [4.78, 5) is 23.4. The number of nitrogens with two attached hydrogens (primary N) is 4. The highest BCUT2D eigenvalue weighted by atomic mass is 79.9. The lowest BCUT2D eigenvalue weighted by atomic mass is 9.96. The number of nitrogens with zero attached hydrogens (tertiary/aromatic N) is 4. The molecule has 0 amide bonds. The first kappa shape index (κ1) is 44.3. The SMILES string of the molecule is CC(C)Oc1cc(N)ncc1Br.CC(C)Oc1cc(N)ncc1N.CC(C)Oc1cc2nc(C3CCOCC3)cn2cc1N.O=C(CCl)C1CCOCC1. The van der Waals surface area contributed by atoms with Gasteiger partial charge in [0, 0.05) is 75.1 Å². The first-order chi connectivity index (χ1) is 25.7. The number of ketones is 1. The number of imidazole rings is 1. The number of fused-ring (bicyclic) bond motifs is 1. The first-order valence-corrected chi connectivity index (χ1v) is 19.4. The number of rotatable bonds is 9. The topological polar surface area (TPSA) is 210 Å². The number of hydrogen-bond acceptors (Lipinski definition) is 13. The van der Waals surface area contributed by atoms with Crippen LogP contribution in [0.5, 0.6) is 17.2 Å². The van der Waals surface area contributed by atoms with Gasteiger partial charge in [0.2, 0.25) is 0 Å². The highest BCUT2D eigenvalue weighted by Crippen LogP contribution is 2.30. The van der Waals surface area contributed by atoms with Crippen molar-refractivity contribution in [2.24, 2.45) is 5.92 Å². The van der Waals surface area contributed by atoms with Crippen LogP contribution in [-0.4, -0.2) is 75.8 Å². The van der Waals surface area contributed by atoms with Crippen LogP contribution in [0.25, 0.3) is 5.65 Å². The lowest BCUT2D eigenvalue weighted by Gasteiger charge is -2.19. The number of carbonyl (C=O) groups excluding carboxylic acids is 1. The smallest absolute Gasteiger partial charge is 0.150 e. The van der Waals surface area contributed by atoms with Crippen LogP contribution in [0.3, 0.4) is 0 Å². The standard InChI is InChI=1S/C15H21N3O2.C8H11BrN2O.C8H13N3O.C7H11ClO2/c1-10(2)20-14-7-15-17-13(9-18(15)8-12(14)16)11-3-5-19-6-4-11;2*1-5(2)12-7-3-8(10)11-4-6(7)9;8-5-7(9)6-1-3-10-4-2-6/h7-11H,3-6,16H2,1-2H3;3-5H,1-2H3,(H2,10,11);3-5H,9H2,1-2H3,(H2,10,11);6H,1-5H2. The summed E-state index contributed by atoms with van der Waals surface area (Å²) in [5.74, 6) is 3.90. The maximum atomic E-state index is 11.0. The van der Waals surface area contributed by atoms with Gasteiger partial charge in [-0.3, -0.25) is 4.79 Å². The minimum absolute atomic E-state index is 0.0918. The average molecular weight is 836 g/mol. The molecule has 2 aliphatic heterocycles. The Bertz CT molecular complexity index is 1690. The van der Waals surface area contributed by atoms with Gasteiger partial charge in [-0.1, -0.05) is 0 Å². The number of halogens is 2. The number of Topliss-reactive ketones (excluding diaryl/α,β-unsaturated/α-hetero) is 1. The summed E-state index contributed by atoms with van der Waals surface area (Å²) in [6, 6.07) is 5.23. The molecule has 0 atom stereocenters. The molecule has 0 bridgehead atoms. The van der Waals surface area contributed by atoms with E-state index < -0.39 is 0 Å². The van der Waals surface area contributed by atoms with Crippen molar-refractivity contribution in [3.63, 3.8) is 0 Å². The van der Waals surface area contributed by atoms with Crippen molar-refractivity contribution in [1.82, 2.24) is 19.4 Å². The van der Waals surface area contributed by atoms with Gasteiger partial charge >= 0.3 is 0 Å². The average Bonchev–Trinajstić information content (AvgIpc) is 3.55. The fourth-order valence-electron chi connectivity index (χ4n) is 5.32. The number of aromatic nitrogens is 4. The van der Waals surface area contributed by atoms with E-state index in [0.717, 1.165) is 60.5 Å². The number of carbonyl (C=O) groups is 1. The molecule has 6 heterocycles. The van der Waals surface area contributed by atoms with E-state index in [1.165, 1.54) is 6.20 Å². The molecule has 4 aromatic rings. The van der Waals surface area contributed by atoms with Gasteiger partial charge in [0.1, 0.15) is 34.5 Å². The Balaban J connectivity index is 0.000000202. The third kappa shape index (κ3) is 15.0. The van der Waals surface area contributed by atoms with E-state index in [0.29, 0.717) is 53.6 Å². The molecule has 6 rings (SSSR count). The number of nitrogen functional groups attached to an aromatic ring is 4. The van der Waals surface area contributed by atoms with E-state index in [2.05, 4.69) is 32.1 Å². The Labute approximate surface area is 331 Å². The van der Waals surface area contributed by atoms with Crippen molar-refractivity contribution in [3.8, 4) is 17.2 Å². The number of anilines is 4. The normalized spacial score (nSPS) is 14.7. The predicted molar refractivity (Wildman–Crippen MR) is 218 cm³/mol. The highest BCUT2D eigenvalue weighted by Gasteiger charge is 2.21. The molecule has 0 saturated carbocycles. The Morgan fingerprint density at radius 3 is 1.83 bits per heavy atom. The third-order valence-corrected chi connectivity index (χ3v) is 8.75. The molecule has 54 heavy (non-hydrogen) atoms. The molecular weight excluding hydrogens is 780 g/mol. The van der Waals surface area contributed by atoms with Gasteiger partial charge in [0.15, 0.2) is 5.78 Å². The lowest BCUT2D eigenvalue weighted by Crippen LogP contribution is -2.24. The lowest BCUT2D eigenvalue weighted by molar-refractivity contribution is -0.123. The van der Waals surface area contributed by atoms with Crippen molar-refractivity contribution >= 4 is 62.0 Å². The molecule has 0 radical (unpaired) electrons. The molecule has 0 spiro atoms. The number of pyridine rings is 3. The van der Waals surface area contributed by atoms with Crippen LogP contribution in [-0.2, 0) is 14.3 Å². The fraction of sp³-hybridized carbons (Fsp3) is 0.526. The summed E-state index contributed by atoms with van der Waals surface area (Å²) in [5, 5.41) is 0. The zero-order valence-corrected chi connectivity index (χ0v) is 34.4. The first-order valence-electron chi connectivity index (χ1n) is 18.1. The van der Waals surface area contributed by atoms with Crippen molar-refractivity contribution in [2.75, 3.05) is 55.2 Å². The second kappa shape index (κ2) is 22.4. The van der Waals surface area contributed by atoms with Gasteiger partial charge in [-0.25, -0.2) is 15.0 Å². The summed E-state index contributed by atoms with van der Waals surface area (Å²) >= 11 is 8.71. The van der Waals surface area contributed by atoms with Crippen LogP contribution in [0.1, 0.15) is 78.8 Å². The molecule has 0 unspecified atom stereocenters. The van der Waals surface area contributed by atoms with Crippen molar-refractivity contribution in [1.29, 1.82) is 0 Å². The molecule has 298 valence electrons. The Kier molecular flexibility index (Phi) is 18.4. The maximum absolute atomic E-state index is 11.0. The summed E-state index contributed by atoms with van der Waals surface area (Å²) in [6.07, 6.45) is 11.2. The van der Waals surface area contributed by atoms with Crippen LogP contribution >= 0.6 is 27.5 Å². The molecule has 2 aliphatic rings. The van der Waals surface area contributed by atoms with Crippen LogP contribution in [0.15, 0.2) is 47.5 Å². The molecule has 8 N–H and O–H groups in total. The monoisotopic (exact) mass is 834 g/mol. The Hall–Kier alpha value is -4.05. The van der Waals surface area contributed by atoms with E-state index in [9.17, 15) is 4.79 Å². The predicted octanol–water partition coefficient (Wildman–Crippen LogP) is 7.07. The zero-order chi connectivity index (χ0) is 39.8. The van der Waals surface area contributed by atoms with Crippen molar-refractivity contribution < 1.29 is 28.5 Å². The van der Waals surface area contributed by atoms with Crippen LogP contribution < -0.4 is 37.1 Å². The molecule has 0 aromatic carbocycles. The molecule has 0 aliphatic carbocycles. The number of alkyl halides is 1. The number of ether oxygens (including phenoxy) is 5. The summed E-state index contributed by atoms with van der Waals surface area (Å²) in [7, 11) is 0.